The fourth-order valence-electron chi connectivity index (χ4n) is 3.09. The highest BCUT2D eigenvalue weighted by molar-refractivity contribution is 4.95. The second-order valence-electron chi connectivity index (χ2n) is 7.45. The first kappa shape index (κ1) is 13.4. The summed E-state index contributed by atoms with van der Waals surface area (Å²) in [4.78, 5) is 0. The van der Waals surface area contributed by atoms with Crippen LogP contribution in [0.2, 0.25) is 0 Å². The van der Waals surface area contributed by atoms with Crippen molar-refractivity contribution in [2.75, 3.05) is 13.2 Å². The average molecular weight is 239 g/mol. The largest absolute Gasteiger partial charge is 0.396 e. The molecule has 0 unspecified atom stereocenters. The predicted octanol–water partition coefficient (Wildman–Crippen LogP) is 2.95. The Hall–Kier alpha value is -0.0800. The van der Waals surface area contributed by atoms with Crippen LogP contribution < -0.4 is 5.32 Å². The van der Waals surface area contributed by atoms with Crippen LogP contribution in [0.15, 0.2) is 0 Å². The Morgan fingerprint density at radius 1 is 1.12 bits per heavy atom. The summed E-state index contributed by atoms with van der Waals surface area (Å²) in [7, 11) is 0. The zero-order valence-corrected chi connectivity index (χ0v) is 11.8. The molecule has 0 saturated heterocycles. The van der Waals surface area contributed by atoms with E-state index in [-0.39, 0.29) is 5.41 Å². The van der Waals surface area contributed by atoms with Gasteiger partial charge >= 0.3 is 0 Å². The van der Waals surface area contributed by atoms with Crippen molar-refractivity contribution in [2.45, 2.75) is 65.3 Å². The summed E-state index contributed by atoms with van der Waals surface area (Å²) in [6.45, 7) is 8.52. The van der Waals surface area contributed by atoms with Crippen molar-refractivity contribution in [3.05, 3.63) is 0 Å². The number of aliphatic hydroxyl groups excluding tert-OH is 1. The summed E-state index contributed by atoms with van der Waals surface area (Å²) in [6.07, 6.45) is 7.81. The quantitative estimate of drug-likeness (QED) is 0.790. The van der Waals surface area contributed by atoms with Crippen LogP contribution in [-0.4, -0.2) is 24.3 Å². The van der Waals surface area contributed by atoms with E-state index in [2.05, 4.69) is 26.1 Å². The van der Waals surface area contributed by atoms with E-state index in [1.165, 1.54) is 38.5 Å². The van der Waals surface area contributed by atoms with Crippen molar-refractivity contribution in [3.8, 4) is 0 Å². The second kappa shape index (κ2) is 4.89. The fourth-order valence-corrected chi connectivity index (χ4v) is 3.09. The van der Waals surface area contributed by atoms with Crippen molar-refractivity contribution in [2.24, 2.45) is 16.7 Å². The van der Waals surface area contributed by atoms with Crippen molar-refractivity contribution < 1.29 is 5.11 Å². The van der Waals surface area contributed by atoms with E-state index >= 15 is 0 Å². The number of hydrogen-bond acceptors (Lipinski definition) is 2. The third-order valence-corrected chi connectivity index (χ3v) is 5.01. The van der Waals surface area contributed by atoms with Gasteiger partial charge in [0.05, 0.1) is 0 Å². The summed E-state index contributed by atoms with van der Waals surface area (Å²) in [5.74, 6) is 0.897. The Morgan fingerprint density at radius 2 is 1.71 bits per heavy atom. The summed E-state index contributed by atoms with van der Waals surface area (Å²) >= 11 is 0. The molecular weight excluding hydrogens is 210 g/mol. The summed E-state index contributed by atoms with van der Waals surface area (Å²) in [6, 6.07) is 0.706. The topological polar surface area (TPSA) is 32.3 Å². The van der Waals surface area contributed by atoms with Gasteiger partial charge < -0.3 is 10.4 Å². The molecule has 0 aromatic rings. The van der Waals surface area contributed by atoms with Crippen molar-refractivity contribution in [1.82, 2.24) is 5.32 Å². The van der Waals surface area contributed by atoms with Gasteiger partial charge in [0.15, 0.2) is 0 Å². The molecule has 0 amide bonds. The normalized spacial score (nSPS) is 32.5. The Morgan fingerprint density at radius 3 is 2.12 bits per heavy atom. The predicted molar refractivity (Wildman–Crippen MR) is 72.0 cm³/mol. The highest BCUT2D eigenvalue weighted by Crippen LogP contribution is 2.45. The van der Waals surface area contributed by atoms with Gasteiger partial charge in [0, 0.05) is 24.6 Å². The van der Waals surface area contributed by atoms with Crippen molar-refractivity contribution in [3.63, 3.8) is 0 Å². The molecule has 0 aromatic heterocycles. The zero-order chi connectivity index (χ0) is 12.5. The van der Waals surface area contributed by atoms with Gasteiger partial charge in [-0.3, -0.25) is 0 Å². The minimum absolute atomic E-state index is 0.265. The molecule has 2 fully saturated rings. The molecule has 0 spiro atoms. The molecule has 2 rings (SSSR count). The molecular formula is C15H29NO. The molecule has 2 N–H and O–H groups in total. The summed E-state index contributed by atoms with van der Waals surface area (Å²) in [5, 5.41) is 13.0. The number of hydrogen-bond donors (Lipinski definition) is 2. The maximum absolute atomic E-state index is 9.29. The molecule has 2 saturated carbocycles. The molecule has 0 heterocycles. The molecule has 0 aromatic carbocycles. The molecule has 2 heteroatoms. The molecule has 2 nitrogen and oxygen atoms in total. The van der Waals surface area contributed by atoms with Crippen LogP contribution in [0, 0.1) is 16.7 Å². The lowest BCUT2D eigenvalue weighted by molar-refractivity contribution is 0.151. The third-order valence-electron chi connectivity index (χ3n) is 5.01. The minimum atomic E-state index is 0.265. The van der Waals surface area contributed by atoms with Gasteiger partial charge in [-0.2, -0.15) is 0 Å². The van der Waals surface area contributed by atoms with Gasteiger partial charge in [0.25, 0.3) is 0 Å². The monoisotopic (exact) mass is 239 g/mol. The maximum Gasteiger partial charge on any atom is 0.0499 e. The van der Waals surface area contributed by atoms with E-state index in [0.717, 1.165) is 12.5 Å². The molecule has 0 bridgehead atoms. The van der Waals surface area contributed by atoms with Crippen LogP contribution in [0.3, 0.4) is 0 Å². The first-order chi connectivity index (χ1) is 7.95. The van der Waals surface area contributed by atoms with Crippen molar-refractivity contribution in [1.29, 1.82) is 0 Å². The molecule has 2 aliphatic rings. The molecule has 100 valence electrons. The van der Waals surface area contributed by atoms with Crippen LogP contribution in [0.5, 0.6) is 0 Å². The lowest BCUT2D eigenvalue weighted by Crippen LogP contribution is -2.39. The van der Waals surface area contributed by atoms with E-state index in [1.807, 2.05) is 0 Å². The lowest BCUT2D eigenvalue weighted by atomic mass is 9.71. The minimum Gasteiger partial charge on any atom is -0.396 e. The molecule has 2 aliphatic carbocycles. The van der Waals surface area contributed by atoms with Gasteiger partial charge in [-0.25, -0.2) is 0 Å². The molecule has 17 heavy (non-hydrogen) atoms. The Balaban J connectivity index is 1.69. The highest BCUT2D eigenvalue weighted by Gasteiger charge is 2.42. The third kappa shape index (κ3) is 3.45. The summed E-state index contributed by atoms with van der Waals surface area (Å²) in [5.41, 5.74) is 0.745. The number of aliphatic hydroxyl groups is 1. The van der Waals surface area contributed by atoms with Gasteiger partial charge in [-0.05, 0) is 49.9 Å². The van der Waals surface area contributed by atoms with E-state index in [9.17, 15) is 5.11 Å². The van der Waals surface area contributed by atoms with E-state index in [0.29, 0.717) is 18.1 Å². The number of rotatable bonds is 4. The first-order valence-electron chi connectivity index (χ1n) is 7.29. The van der Waals surface area contributed by atoms with Crippen LogP contribution in [0.25, 0.3) is 0 Å². The van der Waals surface area contributed by atoms with Crippen LogP contribution in [-0.2, 0) is 0 Å². The summed E-state index contributed by atoms with van der Waals surface area (Å²) < 4.78 is 0. The number of nitrogens with one attached hydrogen (secondary N) is 1. The average Bonchev–Trinajstić information content (AvgIpc) is 3.06. The fraction of sp³-hybridized carbons (Fsp3) is 1.00. The van der Waals surface area contributed by atoms with E-state index in [4.69, 9.17) is 0 Å². The second-order valence-corrected chi connectivity index (χ2v) is 7.45. The van der Waals surface area contributed by atoms with Gasteiger partial charge in [-0.1, -0.05) is 20.8 Å². The lowest BCUT2D eigenvalue weighted by Gasteiger charge is -2.37. The molecule has 0 radical (unpaired) electrons. The highest BCUT2D eigenvalue weighted by atomic mass is 16.3. The van der Waals surface area contributed by atoms with E-state index in [1.54, 1.807) is 0 Å². The maximum atomic E-state index is 9.29. The standard InChI is InChI=1S/C15H29NO/c1-14(2,3)12-4-6-13(7-5-12)16-10-15(11-17)8-9-15/h12-13,16-17H,4-11H2,1-3H3. The Kier molecular flexibility index (Phi) is 3.84. The van der Waals surface area contributed by atoms with E-state index < -0.39 is 0 Å². The van der Waals surface area contributed by atoms with Crippen molar-refractivity contribution >= 4 is 0 Å². The van der Waals surface area contributed by atoms with Crippen LogP contribution in [0.4, 0.5) is 0 Å². The zero-order valence-electron chi connectivity index (χ0n) is 11.8. The molecule has 0 aliphatic heterocycles. The Bertz CT molecular complexity index is 244. The Labute approximate surface area is 106 Å². The first-order valence-corrected chi connectivity index (χ1v) is 7.29. The van der Waals surface area contributed by atoms with Gasteiger partial charge in [0.2, 0.25) is 0 Å². The van der Waals surface area contributed by atoms with Crippen LogP contribution >= 0.6 is 0 Å². The molecule has 0 atom stereocenters. The van der Waals surface area contributed by atoms with Crippen LogP contribution in [0.1, 0.15) is 59.3 Å². The smallest absolute Gasteiger partial charge is 0.0499 e. The van der Waals surface area contributed by atoms with Gasteiger partial charge in [0.1, 0.15) is 0 Å². The SMILES string of the molecule is CC(C)(C)C1CCC(NCC2(CO)CC2)CC1. The van der Waals surface area contributed by atoms with Gasteiger partial charge in [-0.15, -0.1) is 0 Å².